The lowest BCUT2D eigenvalue weighted by molar-refractivity contribution is -0.136. The molecule has 8 heterocycles. The lowest BCUT2D eigenvalue weighted by atomic mass is 9.85. The molecule has 3 saturated heterocycles. The minimum Gasteiger partial charge on any atom is -0.386 e. The Bertz CT molecular complexity index is 3070. The van der Waals surface area contributed by atoms with E-state index in [2.05, 4.69) is 55.4 Å². The van der Waals surface area contributed by atoms with E-state index in [1.54, 1.807) is 24.2 Å². The molecule has 0 spiro atoms. The van der Waals surface area contributed by atoms with E-state index in [0.717, 1.165) is 91.1 Å². The van der Waals surface area contributed by atoms with Crippen molar-refractivity contribution in [3.8, 4) is 5.69 Å². The Morgan fingerprint density at radius 3 is 2.33 bits per heavy atom. The molecule has 3 fully saturated rings. The largest absolute Gasteiger partial charge is 0.386 e. The number of pyridine rings is 2. The van der Waals surface area contributed by atoms with Crippen molar-refractivity contribution in [2.45, 2.75) is 83.8 Å². The molecule has 5 aromatic rings. The SMILES string of the molecule is CNc1cc(=O)n(-c2ccnc3c2cc([C@H](C)N2CC=C(c4c(C)cc(C(=O)N5CCC(CN6CCN(Cc7ccc8c(c7)C(C)(C)C(=O)N8[C@@H]7CCC(=O)NC7=O)CC6)CC5)cc4F)CC2)n3C)cc1F. The number of halogens is 2. The third-order valence-electron chi connectivity index (χ3n) is 16.1. The highest BCUT2D eigenvalue weighted by atomic mass is 19.1. The number of anilines is 2. The number of aryl methyl sites for hydroxylation is 2. The zero-order valence-corrected chi connectivity index (χ0v) is 42.1. The number of nitrogens with one attached hydrogen (secondary N) is 2. The van der Waals surface area contributed by atoms with Crippen LogP contribution in [0.4, 0.5) is 20.2 Å². The maximum absolute atomic E-state index is 16.1. The number of rotatable bonds is 11. The van der Waals surface area contributed by atoms with E-state index in [0.29, 0.717) is 67.4 Å². The first-order valence-electron chi connectivity index (χ1n) is 25.3. The number of amides is 4. The van der Waals surface area contributed by atoms with E-state index in [4.69, 9.17) is 0 Å². The van der Waals surface area contributed by atoms with Crippen LogP contribution in [0, 0.1) is 24.5 Å². The number of likely N-dealkylation sites (tertiary alicyclic amines) is 1. The maximum atomic E-state index is 16.1. The van der Waals surface area contributed by atoms with Crippen LogP contribution in [0.5, 0.6) is 0 Å². The van der Waals surface area contributed by atoms with Crippen LogP contribution in [-0.2, 0) is 33.4 Å². The van der Waals surface area contributed by atoms with Gasteiger partial charge in [0, 0.05) is 132 Å². The summed E-state index contributed by atoms with van der Waals surface area (Å²) >= 11 is 0. The number of hydrogen-bond acceptors (Lipinski definition) is 10. The first kappa shape index (κ1) is 49.0. The fourth-order valence-corrected chi connectivity index (χ4v) is 11.9. The summed E-state index contributed by atoms with van der Waals surface area (Å²) in [5.74, 6) is -1.42. The van der Waals surface area contributed by atoms with Crippen LogP contribution in [0.25, 0.3) is 22.3 Å². The molecule has 0 aliphatic carbocycles. The number of aromatic nitrogens is 3. The number of carbonyl (C=O) groups is 4. The average molecular weight is 983 g/mol. The highest BCUT2D eigenvalue weighted by Gasteiger charge is 2.49. The fraction of sp³-hybridized carbons (Fsp3) is 0.455. The standard InChI is InChI=1S/C55H64F2N10O5/c1-33-25-38(27-41(56)50(33)37-14-19-64(20-15-37)34(2)47-28-39-44(11-16-59-51(39)61(47)6)66-32-42(57)43(58-5)29-49(66)69)53(71)65-17-12-35(13-18-65)30-62-21-23-63(24-22-62)31-36-7-8-45-40(26-36)55(3,4)54(72)67(45)46-9-10-48(68)60-52(46)70/h7-8,11,14,16,25-29,32,34-35,46,58H,9-10,12-13,15,17-24,30-31H2,1-6H3,(H,60,68,70)/t34-,46+/m0/s1. The van der Waals surface area contributed by atoms with Gasteiger partial charge in [0.05, 0.1) is 23.0 Å². The van der Waals surface area contributed by atoms with Gasteiger partial charge in [-0.3, -0.25) is 48.6 Å². The van der Waals surface area contributed by atoms with Crippen LogP contribution in [0.15, 0.2) is 71.8 Å². The number of piperazine rings is 1. The molecule has 5 aliphatic rings. The zero-order chi connectivity index (χ0) is 50.7. The van der Waals surface area contributed by atoms with Gasteiger partial charge in [0.1, 0.15) is 17.5 Å². The molecule has 72 heavy (non-hydrogen) atoms. The minimum atomic E-state index is -0.782. The summed E-state index contributed by atoms with van der Waals surface area (Å²) in [5.41, 5.74) is 6.59. The molecule has 2 N–H and O–H groups in total. The quantitative estimate of drug-likeness (QED) is 0.145. The Morgan fingerprint density at radius 2 is 1.64 bits per heavy atom. The summed E-state index contributed by atoms with van der Waals surface area (Å²) in [5, 5.41) is 5.85. The number of benzene rings is 2. The van der Waals surface area contributed by atoms with Crippen LogP contribution in [-0.4, -0.2) is 129 Å². The second kappa shape index (κ2) is 19.5. The van der Waals surface area contributed by atoms with Crippen LogP contribution in [0.2, 0.25) is 0 Å². The van der Waals surface area contributed by atoms with Gasteiger partial charge in [0.25, 0.3) is 11.5 Å². The molecule has 0 radical (unpaired) electrons. The normalized spacial score (nSPS) is 20.8. The monoisotopic (exact) mass is 983 g/mol. The van der Waals surface area contributed by atoms with Gasteiger partial charge in [-0.1, -0.05) is 18.2 Å². The van der Waals surface area contributed by atoms with E-state index < -0.39 is 23.2 Å². The van der Waals surface area contributed by atoms with Crippen molar-refractivity contribution in [3.05, 3.63) is 123 Å². The third-order valence-corrected chi connectivity index (χ3v) is 16.1. The number of fused-ring (bicyclic) bond motifs is 2. The Kier molecular flexibility index (Phi) is 13.3. The molecule has 10 rings (SSSR count). The summed E-state index contributed by atoms with van der Waals surface area (Å²) in [7, 11) is 3.51. The molecule has 4 amide bonds. The fourth-order valence-electron chi connectivity index (χ4n) is 11.9. The smallest absolute Gasteiger partial charge is 0.257 e. The molecule has 15 nitrogen and oxygen atoms in total. The molecule has 0 bridgehead atoms. The van der Waals surface area contributed by atoms with Gasteiger partial charge < -0.3 is 19.7 Å². The molecule has 5 aliphatic heterocycles. The zero-order valence-electron chi connectivity index (χ0n) is 42.1. The van der Waals surface area contributed by atoms with Gasteiger partial charge in [-0.2, -0.15) is 0 Å². The van der Waals surface area contributed by atoms with Gasteiger partial charge >= 0.3 is 0 Å². The van der Waals surface area contributed by atoms with Gasteiger partial charge in [0.2, 0.25) is 17.7 Å². The summed E-state index contributed by atoms with van der Waals surface area (Å²) in [6.45, 7) is 15.8. The highest BCUT2D eigenvalue weighted by molar-refractivity contribution is 6.13. The van der Waals surface area contributed by atoms with Gasteiger partial charge in [-0.15, -0.1) is 0 Å². The molecule has 0 unspecified atom stereocenters. The van der Waals surface area contributed by atoms with Crippen molar-refractivity contribution < 1.29 is 28.0 Å². The molecular weight excluding hydrogens is 919 g/mol. The van der Waals surface area contributed by atoms with Crippen LogP contribution in [0.3, 0.4) is 0 Å². The predicted octanol–water partition coefficient (Wildman–Crippen LogP) is 6.30. The summed E-state index contributed by atoms with van der Waals surface area (Å²) in [6, 6.07) is 13.6. The second-order valence-corrected chi connectivity index (χ2v) is 20.9. The van der Waals surface area contributed by atoms with Crippen molar-refractivity contribution in [1.82, 2.24) is 39.0 Å². The second-order valence-electron chi connectivity index (χ2n) is 20.9. The van der Waals surface area contributed by atoms with E-state index in [1.165, 1.54) is 22.9 Å². The summed E-state index contributed by atoms with van der Waals surface area (Å²) < 4.78 is 34.2. The molecule has 2 aromatic carbocycles. The lowest BCUT2D eigenvalue weighted by Gasteiger charge is -2.39. The van der Waals surface area contributed by atoms with Crippen LogP contribution < -0.4 is 21.1 Å². The molecule has 3 aromatic heterocycles. The van der Waals surface area contributed by atoms with E-state index >= 15 is 4.39 Å². The third kappa shape index (κ3) is 9.04. The molecule has 2 atom stereocenters. The molecule has 17 heteroatoms. The topological polar surface area (TPSA) is 148 Å². The van der Waals surface area contributed by atoms with Gasteiger partial charge in [-0.05, 0) is 112 Å². The number of hydrogen-bond donors (Lipinski definition) is 2. The number of carbonyl (C=O) groups excluding carboxylic acids is 4. The predicted molar refractivity (Wildman–Crippen MR) is 273 cm³/mol. The first-order chi connectivity index (χ1) is 34.5. The Hall–Kier alpha value is -6.56. The maximum Gasteiger partial charge on any atom is 0.257 e. The number of imide groups is 1. The van der Waals surface area contributed by atoms with Gasteiger partial charge in [-0.25, -0.2) is 13.8 Å². The first-order valence-corrected chi connectivity index (χ1v) is 25.3. The highest BCUT2D eigenvalue weighted by Crippen LogP contribution is 2.44. The summed E-state index contributed by atoms with van der Waals surface area (Å²) in [6.07, 6.45) is 7.85. The Morgan fingerprint density at radius 1 is 0.889 bits per heavy atom. The molecule has 378 valence electrons. The Balaban J connectivity index is 0.710. The molecular formula is C55H64F2N10O5. The minimum absolute atomic E-state index is 0.0454. The Labute approximate surface area is 418 Å². The van der Waals surface area contributed by atoms with E-state index in [-0.39, 0.29) is 47.2 Å². The average Bonchev–Trinajstić information content (AvgIpc) is 3.80. The summed E-state index contributed by atoms with van der Waals surface area (Å²) in [4.78, 5) is 80.4. The molecule has 0 saturated carbocycles. The van der Waals surface area contributed by atoms with Crippen LogP contribution >= 0.6 is 0 Å². The lowest BCUT2D eigenvalue weighted by Crippen LogP contribution is -2.55. The number of nitrogens with zero attached hydrogens (tertiary/aromatic N) is 8. The van der Waals surface area contributed by atoms with Crippen molar-refractivity contribution in [1.29, 1.82) is 0 Å². The van der Waals surface area contributed by atoms with E-state index in [1.807, 2.05) is 55.5 Å². The van der Waals surface area contributed by atoms with Crippen molar-refractivity contribution in [3.63, 3.8) is 0 Å². The van der Waals surface area contributed by atoms with Crippen molar-refractivity contribution in [2.75, 3.05) is 76.2 Å². The van der Waals surface area contributed by atoms with Crippen LogP contribution in [0.1, 0.15) is 97.2 Å². The number of piperidine rings is 2. The van der Waals surface area contributed by atoms with Gasteiger partial charge in [0.15, 0.2) is 5.82 Å². The van der Waals surface area contributed by atoms with Crippen molar-refractivity contribution >= 4 is 51.6 Å². The van der Waals surface area contributed by atoms with E-state index in [9.17, 15) is 28.4 Å². The van der Waals surface area contributed by atoms with Crippen molar-refractivity contribution in [2.24, 2.45) is 13.0 Å².